The summed E-state index contributed by atoms with van der Waals surface area (Å²) in [5.74, 6) is 0.584. The van der Waals surface area contributed by atoms with Gasteiger partial charge in [-0.05, 0) is 24.6 Å². The number of unbranched alkanes of at least 4 members (excludes halogenated alkanes) is 5. The molecule has 0 bridgehead atoms. The van der Waals surface area contributed by atoms with Crippen molar-refractivity contribution >= 4 is 17.4 Å². The molecule has 0 amide bonds. The molecule has 1 rings (SSSR count). The molecule has 0 aliphatic rings. The molecule has 20 heavy (non-hydrogen) atoms. The van der Waals surface area contributed by atoms with Crippen LogP contribution in [0.3, 0.4) is 0 Å². The molecule has 4 nitrogen and oxygen atoms in total. The van der Waals surface area contributed by atoms with Crippen LogP contribution < -0.4 is 10.5 Å². The van der Waals surface area contributed by atoms with Crippen LogP contribution in [0.5, 0.6) is 5.75 Å². The Balaban J connectivity index is 2.44. The number of benzene rings is 1. The Hall–Kier alpha value is -1.42. The van der Waals surface area contributed by atoms with Gasteiger partial charge in [0.15, 0.2) is 5.84 Å². The van der Waals surface area contributed by atoms with Crippen molar-refractivity contribution in [1.82, 2.24) is 0 Å². The molecule has 0 atom stereocenters. The number of amidine groups is 1. The highest BCUT2D eigenvalue weighted by Crippen LogP contribution is 2.23. The van der Waals surface area contributed by atoms with Crippen molar-refractivity contribution in [3.05, 3.63) is 28.8 Å². The van der Waals surface area contributed by atoms with E-state index in [1.165, 1.54) is 25.7 Å². The Morgan fingerprint density at radius 1 is 1.25 bits per heavy atom. The lowest BCUT2D eigenvalue weighted by atomic mass is 10.1. The van der Waals surface area contributed by atoms with Crippen molar-refractivity contribution in [2.75, 3.05) is 6.61 Å². The van der Waals surface area contributed by atoms with E-state index in [4.69, 9.17) is 27.3 Å². The van der Waals surface area contributed by atoms with E-state index in [1.807, 2.05) is 0 Å². The topological polar surface area (TPSA) is 67.8 Å². The SMILES string of the molecule is CCCCCCCCOc1cc(Cl)ccc1C(N)=NO. The van der Waals surface area contributed by atoms with Gasteiger partial charge in [-0.25, -0.2) is 0 Å². The maximum absolute atomic E-state index is 8.75. The largest absolute Gasteiger partial charge is 0.493 e. The van der Waals surface area contributed by atoms with Crippen LogP contribution in [0.15, 0.2) is 23.4 Å². The monoisotopic (exact) mass is 298 g/mol. The fraction of sp³-hybridized carbons (Fsp3) is 0.533. The first kappa shape index (κ1) is 16.6. The molecule has 0 aromatic heterocycles. The third-order valence-electron chi connectivity index (χ3n) is 3.08. The summed E-state index contributed by atoms with van der Waals surface area (Å²) in [6, 6.07) is 5.06. The van der Waals surface area contributed by atoms with Crippen LogP contribution in [-0.2, 0) is 0 Å². The number of oxime groups is 1. The molecule has 3 N–H and O–H groups in total. The van der Waals surface area contributed by atoms with E-state index < -0.39 is 0 Å². The Labute approximate surface area is 125 Å². The van der Waals surface area contributed by atoms with Gasteiger partial charge >= 0.3 is 0 Å². The Bertz CT molecular complexity index is 436. The molecule has 0 saturated heterocycles. The van der Waals surface area contributed by atoms with Crippen LogP contribution in [0.25, 0.3) is 0 Å². The summed E-state index contributed by atoms with van der Waals surface area (Å²) in [6.07, 6.45) is 7.21. The molecule has 0 unspecified atom stereocenters. The summed E-state index contributed by atoms with van der Waals surface area (Å²) in [7, 11) is 0. The summed E-state index contributed by atoms with van der Waals surface area (Å²) < 4.78 is 5.69. The molecule has 1 aromatic carbocycles. The number of rotatable bonds is 9. The van der Waals surface area contributed by atoms with Gasteiger partial charge in [0, 0.05) is 5.02 Å². The van der Waals surface area contributed by atoms with Crippen molar-refractivity contribution in [2.24, 2.45) is 10.9 Å². The number of hydrogen-bond acceptors (Lipinski definition) is 3. The second-order valence-electron chi connectivity index (χ2n) is 4.74. The highest BCUT2D eigenvalue weighted by molar-refractivity contribution is 6.30. The van der Waals surface area contributed by atoms with E-state index in [9.17, 15) is 0 Å². The van der Waals surface area contributed by atoms with Gasteiger partial charge in [-0.15, -0.1) is 0 Å². The van der Waals surface area contributed by atoms with Crippen LogP contribution in [-0.4, -0.2) is 17.6 Å². The van der Waals surface area contributed by atoms with Gasteiger partial charge in [0.25, 0.3) is 0 Å². The number of hydrogen-bond donors (Lipinski definition) is 2. The zero-order valence-electron chi connectivity index (χ0n) is 11.9. The van der Waals surface area contributed by atoms with Gasteiger partial charge in [0.05, 0.1) is 12.2 Å². The molecular weight excluding hydrogens is 276 g/mol. The average molecular weight is 299 g/mol. The third-order valence-corrected chi connectivity index (χ3v) is 3.32. The maximum atomic E-state index is 8.75. The Kier molecular flexibility index (Phi) is 7.88. The predicted octanol–water partition coefficient (Wildman–Crippen LogP) is 4.17. The Morgan fingerprint density at radius 3 is 2.65 bits per heavy atom. The molecule has 0 aliphatic carbocycles. The minimum atomic E-state index is 0.0274. The van der Waals surface area contributed by atoms with Gasteiger partial charge in [0.2, 0.25) is 0 Å². The zero-order chi connectivity index (χ0) is 14.8. The molecule has 0 saturated carbocycles. The molecule has 0 aliphatic heterocycles. The van der Waals surface area contributed by atoms with E-state index in [0.29, 0.717) is 22.9 Å². The molecule has 0 fully saturated rings. The van der Waals surface area contributed by atoms with Gasteiger partial charge in [-0.3, -0.25) is 0 Å². The number of nitrogens with zero attached hydrogens (tertiary/aromatic N) is 1. The minimum Gasteiger partial charge on any atom is -0.493 e. The van der Waals surface area contributed by atoms with Crippen LogP contribution in [0, 0.1) is 0 Å². The quantitative estimate of drug-likeness (QED) is 0.236. The van der Waals surface area contributed by atoms with E-state index in [2.05, 4.69) is 12.1 Å². The van der Waals surface area contributed by atoms with Crippen LogP contribution in [0.2, 0.25) is 5.02 Å². The van der Waals surface area contributed by atoms with E-state index >= 15 is 0 Å². The zero-order valence-corrected chi connectivity index (χ0v) is 12.7. The van der Waals surface area contributed by atoms with Crippen LogP contribution in [0.4, 0.5) is 0 Å². The molecular formula is C15H23ClN2O2. The smallest absolute Gasteiger partial charge is 0.173 e. The lowest BCUT2D eigenvalue weighted by molar-refractivity contribution is 0.302. The van der Waals surface area contributed by atoms with Crippen LogP contribution in [0.1, 0.15) is 51.0 Å². The first-order valence-corrected chi connectivity index (χ1v) is 7.47. The third kappa shape index (κ3) is 5.70. The second kappa shape index (κ2) is 9.48. The summed E-state index contributed by atoms with van der Waals surface area (Å²) >= 11 is 5.94. The first-order valence-electron chi connectivity index (χ1n) is 7.09. The summed E-state index contributed by atoms with van der Waals surface area (Å²) in [4.78, 5) is 0. The molecule has 0 spiro atoms. The van der Waals surface area contributed by atoms with Crippen LogP contribution >= 0.6 is 11.6 Å². The second-order valence-corrected chi connectivity index (χ2v) is 5.18. The number of ether oxygens (including phenoxy) is 1. The highest BCUT2D eigenvalue weighted by atomic mass is 35.5. The standard InChI is InChI=1S/C15H23ClN2O2/c1-2-3-4-5-6-7-10-20-14-11-12(16)8-9-13(14)15(17)18-19/h8-9,11,19H,2-7,10H2,1H3,(H2,17,18). The van der Waals surface area contributed by atoms with Gasteiger partial charge in [0.1, 0.15) is 5.75 Å². The molecule has 0 radical (unpaired) electrons. The first-order chi connectivity index (χ1) is 9.69. The summed E-state index contributed by atoms with van der Waals surface area (Å²) in [5.41, 5.74) is 6.17. The lowest BCUT2D eigenvalue weighted by Crippen LogP contribution is -2.15. The van der Waals surface area contributed by atoms with Crippen molar-refractivity contribution in [3.63, 3.8) is 0 Å². The predicted molar refractivity (Wildman–Crippen MR) is 82.8 cm³/mol. The lowest BCUT2D eigenvalue weighted by Gasteiger charge is -2.11. The molecule has 5 heteroatoms. The fourth-order valence-electron chi connectivity index (χ4n) is 1.95. The maximum Gasteiger partial charge on any atom is 0.173 e. The van der Waals surface area contributed by atoms with Crippen molar-refractivity contribution in [2.45, 2.75) is 45.4 Å². The fourth-order valence-corrected chi connectivity index (χ4v) is 2.11. The van der Waals surface area contributed by atoms with Crippen molar-refractivity contribution in [3.8, 4) is 5.75 Å². The van der Waals surface area contributed by atoms with Gasteiger partial charge in [-0.2, -0.15) is 0 Å². The minimum absolute atomic E-state index is 0.0274. The van der Waals surface area contributed by atoms with Crippen molar-refractivity contribution < 1.29 is 9.94 Å². The van der Waals surface area contributed by atoms with Gasteiger partial charge < -0.3 is 15.7 Å². The summed E-state index contributed by atoms with van der Waals surface area (Å²) in [5, 5.41) is 12.3. The normalized spacial score (nSPS) is 11.6. The van der Waals surface area contributed by atoms with E-state index in [0.717, 1.165) is 12.8 Å². The summed E-state index contributed by atoms with van der Waals surface area (Å²) in [6.45, 7) is 2.81. The average Bonchev–Trinajstić information content (AvgIpc) is 2.45. The number of nitrogens with two attached hydrogens (primary N) is 1. The Morgan fingerprint density at radius 2 is 1.95 bits per heavy atom. The van der Waals surface area contributed by atoms with E-state index in [1.54, 1.807) is 18.2 Å². The molecule has 1 aromatic rings. The van der Waals surface area contributed by atoms with Crippen molar-refractivity contribution in [1.29, 1.82) is 0 Å². The highest BCUT2D eigenvalue weighted by Gasteiger charge is 2.09. The molecule has 112 valence electrons. The van der Waals surface area contributed by atoms with E-state index in [-0.39, 0.29) is 5.84 Å². The number of halogens is 1. The van der Waals surface area contributed by atoms with Gasteiger partial charge in [-0.1, -0.05) is 55.8 Å². The molecule has 0 heterocycles.